The lowest BCUT2D eigenvalue weighted by molar-refractivity contribution is 0.318. The van der Waals surface area contributed by atoms with Crippen LogP contribution < -0.4 is 10.6 Å². The molecule has 1 aliphatic heterocycles. The normalized spacial score (nSPS) is 17.2. The monoisotopic (exact) mass is 118 g/mol. The van der Waals surface area contributed by atoms with Gasteiger partial charge in [-0.3, -0.25) is 0 Å². The van der Waals surface area contributed by atoms with Crippen LogP contribution in [0.5, 0.6) is 0 Å². The third-order valence-electron chi connectivity index (χ3n) is 0.729. The maximum atomic E-state index is 7.57. The van der Waals surface area contributed by atoms with E-state index in [0.29, 0.717) is 0 Å². The van der Waals surface area contributed by atoms with E-state index < -0.39 is 0 Å². The van der Waals surface area contributed by atoms with E-state index >= 15 is 0 Å². The number of aliphatic hydroxyl groups excluding tert-OH is 1. The minimum absolute atomic E-state index is 0.250. The zero-order valence-corrected chi connectivity index (χ0v) is 5.28. The third kappa shape index (κ3) is 5.88. The molecule has 0 atom stereocenters. The summed E-state index contributed by atoms with van der Waals surface area (Å²) in [5, 5.41) is 13.8. The van der Waals surface area contributed by atoms with Crippen molar-refractivity contribution < 1.29 is 5.11 Å². The highest BCUT2D eigenvalue weighted by atomic mass is 16.2. The van der Waals surface area contributed by atoms with Crippen molar-refractivity contribution in [3.8, 4) is 0 Å². The lowest BCUT2D eigenvalue weighted by atomic mass is 10.7. The number of aliphatic hydroxyl groups is 1. The fourth-order valence-electron chi connectivity index (χ4n) is 0.442. The Labute approximate surface area is 50.1 Å². The van der Waals surface area contributed by atoms with Crippen LogP contribution in [0.2, 0.25) is 0 Å². The summed E-state index contributed by atoms with van der Waals surface area (Å²) in [6.45, 7) is 5.21. The average molecular weight is 118 g/mol. The molecule has 0 saturated carbocycles. The van der Waals surface area contributed by atoms with Crippen molar-refractivity contribution in [2.75, 3.05) is 26.4 Å². The molecule has 0 radical (unpaired) electrons. The van der Waals surface area contributed by atoms with Crippen LogP contribution in [0.1, 0.15) is 6.92 Å². The first-order valence-electron chi connectivity index (χ1n) is 2.94. The fraction of sp³-hybridized carbons (Fsp3) is 1.00. The Balaban J connectivity index is 0.000000145. The van der Waals surface area contributed by atoms with Crippen molar-refractivity contribution in [2.45, 2.75) is 6.92 Å². The molecule has 8 heavy (non-hydrogen) atoms. The molecule has 50 valence electrons. The zero-order valence-electron chi connectivity index (χ0n) is 5.28. The Kier molecular flexibility index (Phi) is 6.78. The van der Waals surface area contributed by atoms with Crippen LogP contribution in [0.15, 0.2) is 0 Å². The highest BCUT2D eigenvalue weighted by Crippen LogP contribution is 1.62. The maximum absolute atomic E-state index is 7.57. The van der Waals surface area contributed by atoms with Gasteiger partial charge in [-0.05, 0) is 6.92 Å². The number of hydrogen-bond donors (Lipinski definition) is 3. The quantitative estimate of drug-likeness (QED) is 0.387. The van der Waals surface area contributed by atoms with E-state index in [1.54, 1.807) is 6.92 Å². The lowest BCUT2D eigenvalue weighted by Crippen LogP contribution is -2.11. The van der Waals surface area contributed by atoms with Gasteiger partial charge in [0.05, 0.1) is 0 Å². The molecule has 1 aliphatic rings. The summed E-state index contributed by atoms with van der Waals surface area (Å²) in [6.07, 6.45) is 0. The predicted octanol–water partition coefficient (Wildman–Crippen LogP) is -0.865. The summed E-state index contributed by atoms with van der Waals surface area (Å²) in [6, 6.07) is 0. The second-order valence-corrected chi connectivity index (χ2v) is 1.49. The summed E-state index contributed by atoms with van der Waals surface area (Å²) in [5.41, 5.74) is 0. The van der Waals surface area contributed by atoms with Crippen LogP contribution in [0.3, 0.4) is 0 Å². The molecular weight excluding hydrogens is 104 g/mol. The standard InChI is InChI=1S/C3H8N2.C2H6O/c1-2-5-3-4-1;1-2-3/h4-5H,1-3H2;3H,2H2,1H3. The summed E-state index contributed by atoms with van der Waals surface area (Å²) >= 11 is 0. The van der Waals surface area contributed by atoms with E-state index in [0.717, 1.165) is 19.8 Å². The van der Waals surface area contributed by atoms with Crippen LogP contribution in [0.25, 0.3) is 0 Å². The van der Waals surface area contributed by atoms with Gasteiger partial charge in [0.2, 0.25) is 0 Å². The molecule has 0 aromatic heterocycles. The van der Waals surface area contributed by atoms with Crippen LogP contribution in [0, 0.1) is 0 Å². The van der Waals surface area contributed by atoms with Crippen molar-refractivity contribution in [1.82, 2.24) is 10.6 Å². The van der Waals surface area contributed by atoms with Crippen molar-refractivity contribution in [1.29, 1.82) is 0 Å². The third-order valence-corrected chi connectivity index (χ3v) is 0.729. The Morgan fingerprint density at radius 2 is 1.75 bits per heavy atom. The van der Waals surface area contributed by atoms with Crippen molar-refractivity contribution >= 4 is 0 Å². The van der Waals surface area contributed by atoms with Crippen LogP contribution in [0.4, 0.5) is 0 Å². The first kappa shape index (κ1) is 7.88. The Hall–Kier alpha value is -0.120. The summed E-state index contributed by atoms with van der Waals surface area (Å²) in [5.74, 6) is 0. The zero-order chi connectivity index (χ0) is 6.24. The highest BCUT2D eigenvalue weighted by Gasteiger charge is 1.90. The minimum Gasteiger partial charge on any atom is -0.397 e. The average Bonchev–Trinajstić information content (AvgIpc) is 2.17. The lowest BCUT2D eigenvalue weighted by Gasteiger charge is -1.77. The first-order valence-corrected chi connectivity index (χ1v) is 2.94. The smallest absolute Gasteiger partial charge is 0.0455 e. The molecule has 1 rings (SSSR count). The van der Waals surface area contributed by atoms with E-state index in [1.807, 2.05) is 0 Å². The van der Waals surface area contributed by atoms with Crippen molar-refractivity contribution in [3.05, 3.63) is 0 Å². The molecule has 0 aromatic carbocycles. The molecule has 3 nitrogen and oxygen atoms in total. The van der Waals surface area contributed by atoms with Gasteiger partial charge in [0.25, 0.3) is 0 Å². The Bertz CT molecular complexity index is 29.8. The predicted molar refractivity (Wildman–Crippen MR) is 33.6 cm³/mol. The van der Waals surface area contributed by atoms with Gasteiger partial charge in [0.1, 0.15) is 0 Å². The van der Waals surface area contributed by atoms with E-state index in [2.05, 4.69) is 10.6 Å². The second kappa shape index (κ2) is 6.88. The minimum atomic E-state index is 0.250. The molecule has 3 heteroatoms. The van der Waals surface area contributed by atoms with Gasteiger partial charge < -0.3 is 15.7 Å². The molecule has 0 spiro atoms. The summed E-state index contributed by atoms with van der Waals surface area (Å²) in [7, 11) is 0. The van der Waals surface area contributed by atoms with Crippen LogP contribution in [-0.4, -0.2) is 31.5 Å². The van der Waals surface area contributed by atoms with Gasteiger partial charge in [0, 0.05) is 26.4 Å². The summed E-state index contributed by atoms with van der Waals surface area (Å²) in [4.78, 5) is 0. The molecule has 0 bridgehead atoms. The van der Waals surface area contributed by atoms with Gasteiger partial charge >= 0.3 is 0 Å². The van der Waals surface area contributed by atoms with Crippen LogP contribution >= 0.6 is 0 Å². The van der Waals surface area contributed by atoms with Gasteiger partial charge in [0.15, 0.2) is 0 Å². The number of hydrogen-bond acceptors (Lipinski definition) is 3. The number of rotatable bonds is 0. The fourth-order valence-corrected chi connectivity index (χ4v) is 0.442. The molecule has 1 heterocycles. The van der Waals surface area contributed by atoms with Crippen molar-refractivity contribution in [2.24, 2.45) is 0 Å². The molecule has 0 aromatic rings. The molecule has 1 fully saturated rings. The number of nitrogens with one attached hydrogen (secondary N) is 2. The van der Waals surface area contributed by atoms with Gasteiger partial charge in [-0.1, -0.05) is 0 Å². The van der Waals surface area contributed by atoms with E-state index in [1.165, 1.54) is 0 Å². The molecule has 3 N–H and O–H groups in total. The molecular formula is C5H14N2O. The molecule has 0 unspecified atom stereocenters. The second-order valence-electron chi connectivity index (χ2n) is 1.49. The maximum Gasteiger partial charge on any atom is 0.0455 e. The van der Waals surface area contributed by atoms with Gasteiger partial charge in [-0.25, -0.2) is 0 Å². The van der Waals surface area contributed by atoms with E-state index in [4.69, 9.17) is 5.11 Å². The Morgan fingerprint density at radius 3 is 1.88 bits per heavy atom. The van der Waals surface area contributed by atoms with E-state index in [9.17, 15) is 0 Å². The van der Waals surface area contributed by atoms with Crippen molar-refractivity contribution in [3.63, 3.8) is 0 Å². The molecule has 0 amide bonds. The largest absolute Gasteiger partial charge is 0.397 e. The van der Waals surface area contributed by atoms with Gasteiger partial charge in [-0.2, -0.15) is 0 Å². The summed E-state index contributed by atoms with van der Waals surface area (Å²) < 4.78 is 0. The topological polar surface area (TPSA) is 44.3 Å². The highest BCUT2D eigenvalue weighted by molar-refractivity contribution is 4.55. The molecule has 0 aliphatic carbocycles. The van der Waals surface area contributed by atoms with Gasteiger partial charge in [-0.15, -0.1) is 0 Å². The van der Waals surface area contributed by atoms with Crippen LogP contribution in [-0.2, 0) is 0 Å². The molecule has 1 saturated heterocycles. The Morgan fingerprint density at radius 1 is 1.38 bits per heavy atom. The first-order chi connectivity index (χ1) is 3.91. The van der Waals surface area contributed by atoms with E-state index in [-0.39, 0.29) is 6.61 Å². The SMILES string of the molecule is C1CNCN1.CCO.